The Morgan fingerprint density at radius 2 is 2.44 bits per heavy atom. The van der Waals surface area contributed by atoms with Crippen LogP contribution in [0.5, 0.6) is 0 Å². The van der Waals surface area contributed by atoms with Gasteiger partial charge in [-0.3, -0.25) is 9.78 Å². The van der Waals surface area contributed by atoms with E-state index >= 15 is 0 Å². The molecule has 1 aromatic rings. The molecular formula is C12H15ClN2O. The number of hydrogen-bond donors (Lipinski definition) is 1. The van der Waals surface area contributed by atoms with Gasteiger partial charge in [0.1, 0.15) is 0 Å². The molecule has 1 aliphatic rings. The molecule has 16 heavy (non-hydrogen) atoms. The first kappa shape index (κ1) is 11.4. The Morgan fingerprint density at radius 1 is 1.69 bits per heavy atom. The predicted molar refractivity (Wildman–Crippen MR) is 63.5 cm³/mol. The molecule has 1 fully saturated rings. The Hall–Kier alpha value is -1.09. The number of halogens is 1. The summed E-state index contributed by atoms with van der Waals surface area (Å²) >= 11 is 5.89. The summed E-state index contributed by atoms with van der Waals surface area (Å²) in [6.07, 6.45) is 5.66. The monoisotopic (exact) mass is 238 g/mol. The van der Waals surface area contributed by atoms with E-state index < -0.39 is 0 Å². The number of pyridine rings is 1. The molecule has 0 bridgehead atoms. The molecule has 1 atom stereocenters. The van der Waals surface area contributed by atoms with Crippen LogP contribution in [0.4, 0.5) is 0 Å². The van der Waals surface area contributed by atoms with Crippen molar-refractivity contribution >= 4 is 17.5 Å². The first-order valence-corrected chi connectivity index (χ1v) is 5.94. The highest BCUT2D eigenvalue weighted by Crippen LogP contribution is 2.36. The molecule has 2 rings (SSSR count). The van der Waals surface area contributed by atoms with Gasteiger partial charge in [-0.15, -0.1) is 0 Å². The standard InChI is InChI=1S/C12H15ClN2O/c1-8(9-2-3-9)6-15-12(16)10-4-5-14-7-11(10)13/h4-5,7-9H,2-3,6H2,1H3,(H,15,16). The van der Waals surface area contributed by atoms with Gasteiger partial charge < -0.3 is 5.32 Å². The molecule has 1 aliphatic carbocycles. The summed E-state index contributed by atoms with van der Waals surface area (Å²) in [5, 5.41) is 3.31. The minimum Gasteiger partial charge on any atom is -0.352 e. The second-order valence-electron chi connectivity index (χ2n) is 4.38. The quantitative estimate of drug-likeness (QED) is 0.876. The molecule has 0 aromatic carbocycles. The maximum Gasteiger partial charge on any atom is 0.252 e. The third-order valence-corrected chi connectivity index (χ3v) is 3.33. The van der Waals surface area contributed by atoms with E-state index in [-0.39, 0.29) is 5.91 Å². The summed E-state index contributed by atoms with van der Waals surface area (Å²) in [4.78, 5) is 15.6. The number of carbonyl (C=O) groups excluding carboxylic acids is 1. The zero-order valence-corrected chi connectivity index (χ0v) is 10.00. The number of nitrogens with one attached hydrogen (secondary N) is 1. The molecule has 1 aromatic heterocycles. The van der Waals surface area contributed by atoms with E-state index in [1.807, 2.05) is 0 Å². The van der Waals surface area contributed by atoms with Gasteiger partial charge in [0.2, 0.25) is 0 Å². The molecule has 1 saturated carbocycles. The van der Waals surface area contributed by atoms with E-state index in [2.05, 4.69) is 17.2 Å². The highest BCUT2D eigenvalue weighted by Gasteiger charge is 2.28. The molecule has 0 saturated heterocycles. The van der Waals surface area contributed by atoms with Gasteiger partial charge in [0, 0.05) is 18.9 Å². The van der Waals surface area contributed by atoms with Crippen LogP contribution in [0.25, 0.3) is 0 Å². The van der Waals surface area contributed by atoms with Gasteiger partial charge in [-0.2, -0.15) is 0 Å². The van der Waals surface area contributed by atoms with Crippen LogP contribution in [0, 0.1) is 11.8 Å². The van der Waals surface area contributed by atoms with Crippen molar-refractivity contribution in [3.8, 4) is 0 Å². The summed E-state index contributed by atoms with van der Waals surface area (Å²) in [5.41, 5.74) is 0.500. The molecule has 0 spiro atoms. The van der Waals surface area contributed by atoms with Crippen LogP contribution >= 0.6 is 11.6 Å². The van der Waals surface area contributed by atoms with E-state index in [9.17, 15) is 4.79 Å². The van der Waals surface area contributed by atoms with Crippen LogP contribution in [-0.4, -0.2) is 17.4 Å². The average Bonchev–Trinajstić information content (AvgIpc) is 3.10. The normalized spacial score (nSPS) is 16.9. The highest BCUT2D eigenvalue weighted by atomic mass is 35.5. The number of amides is 1. The van der Waals surface area contributed by atoms with Gasteiger partial charge in [0.25, 0.3) is 5.91 Å². The minimum absolute atomic E-state index is 0.111. The lowest BCUT2D eigenvalue weighted by molar-refractivity contribution is 0.0946. The van der Waals surface area contributed by atoms with Gasteiger partial charge in [0.15, 0.2) is 0 Å². The van der Waals surface area contributed by atoms with E-state index in [1.54, 1.807) is 12.3 Å². The predicted octanol–water partition coefficient (Wildman–Crippen LogP) is 2.51. The number of carbonyl (C=O) groups is 1. The number of rotatable bonds is 4. The minimum atomic E-state index is -0.111. The lowest BCUT2D eigenvalue weighted by atomic mass is 10.1. The largest absolute Gasteiger partial charge is 0.352 e. The van der Waals surface area contributed by atoms with Gasteiger partial charge in [-0.25, -0.2) is 0 Å². The molecule has 86 valence electrons. The Balaban J connectivity index is 1.90. The van der Waals surface area contributed by atoms with Gasteiger partial charge in [-0.1, -0.05) is 18.5 Å². The molecule has 1 amide bonds. The van der Waals surface area contributed by atoms with Crippen molar-refractivity contribution in [2.24, 2.45) is 11.8 Å². The van der Waals surface area contributed by atoms with Crippen LogP contribution < -0.4 is 5.32 Å². The molecule has 3 nitrogen and oxygen atoms in total. The summed E-state index contributed by atoms with van der Waals surface area (Å²) in [5.74, 6) is 1.25. The van der Waals surface area contributed by atoms with E-state index in [1.165, 1.54) is 19.0 Å². The Labute approximate surface area is 100 Å². The van der Waals surface area contributed by atoms with Gasteiger partial charge in [-0.05, 0) is 30.7 Å². The van der Waals surface area contributed by atoms with Crippen molar-refractivity contribution in [1.29, 1.82) is 0 Å². The van der Waals surface area contributed by atoms with E-state index in [4.69, 9.17) is 11.6 Å². The van der Waals surface area contributed by atoms with Crippen LogP contribution in [0.1, 0.15) is 30.1 Å². The first-order chi connectivity index (χ1) is 7.68. The Morgan fingerprint density at radius 3 is 3.06 bits per heavy atom. The molecule has 1 unspecified atom stereocenters. The third kappa shape index (κ3) is 2.73. The van der Waals surface area contributed by atoms with Crippen LogP contribution in [0.3, 0.4) is 0 Å². The summed E-state index contributed by atoms with van der Waals surface area (Å²) in [7, 11) is 0. The van der Waals surface area contributed by atoms with Crippen molar-refractivity contribution in [2.45, 2.75) is 19.8 Å². The fourth-order valence-electron chi connectivity index (χ4n) is 1.74. The lowest BCUT2D eigenvalue weighted by Gasteiger charge is -2.11. The fourth-order valence-corrected chi connectivity index (χ4v) is 1.95. The summed E-state index contributed by atoms with van der Waals surface area (Å²) in [6, 6.07) is 1.64. The van der Waals surface area contributed by atoms with E-state index in [0.29, 0.717) is 16.5 Å². The average molecular weight is 239 g/mol. The zero-order valence-electron chi connectivity index (χ0n) is 9.24. The van der Waals surface area contributed by atoms with Crippen LogP contribution in [0.2, 0.25) is 5.02 Å². The third-order valence-electron chi connectivity index (χ3n) is 3.03. The van der Waals surface area contributed by atoms with Gasteiger partial charge in [0.05, 0.1) is 10.6 Å². The van der Waals surface area contributed by atoms with Crippen molar-refractivity contribution in [3.05, 3.63) is 29.0 Å². The topological polar surface area (TPSA) is 42.0 Å². The maximum atomic E-state index is 11.8. The first-order valence-electron chi connectivity index (χ1n) is 5.56. The fraction of sp³-hybridized carbons (Fsp3) is 0.500. The lowest BCUT2D eigenvalue weighted by Crippen LogP contribution is -2.29. The number of aromatic nitrogens is 1. The van der Waals surface area contributed by atoms with Crippen molar-refractivity contribution < 1.29 is 4.79 Å². The second kappa shape index (κ2) is 4.83. The molecule has 1 heterocycles. The molecule has 0 radical (unpaired) electrons. The highest BCUT2D eigenvalue weighted by molar-refractivity contribution is 6.33. The summed E-state index contributed by atoms with van der Waals surface area (Å²) < 4.78 is 0. The second-order valence-corrected chi connectivity index (χ2v) is 4.79. The zero-order chi connectivity index (χ0) is 11.5. The van der Waals surface area contributed by atoms with Crippen molar-refractivity contribution in [2.75, 3.05) is 6.54 Å². The van der Waals surface area contributed by atoms with Crippen molar-refractivity contribution in [3.63, 3.8) is 0 Å². The number of nitrogens with zero attached hydrogens (tertiary/aromatic N) is 1. The molecule has 4 heteroatoms. The van der Waals surface area contributed by atoms with E-state index in [0.717, 1.165) is 12.5 Å². The Kier molecular flexibility index (Phi) is 3.44. The number of hydrogen-bond acceptors (Lipinski definition) is 2. The summed E-state index contributed by atoms with van der Waals surface area (Å²) in [6.45, 7) is 2.90. The van der Waals surface area contributed by atoms with Crippen LogP contribution in [-0.2, 0) is 0 Å². The maximum absolute atomic E-state index is 11.8. The van der Waals surface area contributed by atoms with Crippen molar-refractivity contribution in [1.82, 2.24) is 10.3 Å². The molecule has 1 N–H and O–H groups in total. The molecule has 0 aliphatic heterocycles. The molecular weight excluding hydrogens is 224 g/mol. The van der Waals surface area contributed by atoms with Crippen LogP contribution in [0.15, 0.2) is 18.5 Å². The SMILES string of the molecule is CC(CNC(=O)c1ccncc1Cl)C1CC1. The smallest absolute Gasteiger partial charge is 0.252 e. The Bertz CT molecular complexity index is 390. The van der Waals surface area contributed by atoms with Gasteiger partial charge >= 0.3 is 0 Å².